The summed E-state index contributed by atoms with van der Waals surface area (Å²) in [6, 6.07) is 2.08. The van der Waals surface area contributed by atoms with Crippen LogP contribution in [-0.2, 0) is 0 Å². The summed E-state index contributed by atoms with van der Waals surface area (Å²) in [6.07, 6.45) is 2.92. The van der Waals surface area contributed by atoms with Crippen LogP contribution in [0.4, 0.5) is 13.2 Å². The number of hydrogen-bond donors (Lipinski definition) is 0. The van der Waals surface area contributed by atoms with E-state index >= 15 is 0 Å². The molecule has 0 aliphatic carbocycles. The Morgan fingerprint density at radius 1 is 1.08 bits per heavy atom. The van der Waals surface area contributed by atoms with Gasteiger partial charge in [0, 0.05) is 5.56 Å². The molecule has 0 N–H and O–H groups in total. The Morgan fingerprint density at radius 2 is 1.75 bits per heavy atom. The first-order chi connectivity index (χ1) is 5.66. The maximum Gasteiger partial charge on any atom is 0.195 e. The van der Waals surface area contributed by atoms with Gasteiger partial charge in [-0.2, -0.15) is 0 Å². The first-order valence-corrected chi connectivity index (χ1v) is 3.43. The molecule has 3 heteroatoms. The highest BCUT2D eigenvalue weighted by Gasteiger charge is 2.10. The van der Waals surface area contributed by atoms with E-state index in [0.717, 1.165) is 6.07 Å². The molecule has 0 bridgehead atoms. The maximum atomic E-state index is 12.8. The average molecular weight is 172 g/mol. The molecule has 0 spiro atoms. The zero-order valence-corrected chi connectivity index (χ0v) is 6.44. The lowest BCUT2D eigenvalue weighted by molar-refractivity contribution is 0.446. The Morgan fingerprint density at radius 3 is 2.33 bits per heavy atom. The second-order valence-electron chi connectivity index (χ2n) is 2.26. The van der Waals surface area contributed by atoms with E-state index in [1.807, 2.05) is 0 Å². The molecular weight excluding hydrogens is 165 g/mol. The molecule has 1 aromatic carbocycles. The largest absolute Gasteiger partial charge is 0.204 e. The summed E-state index contributed by atoms with van der Waals surface area (Å²) in [7, 11) is 0. The van der Waals surface area contributed by atoms with Gasteiger partial charge in [0.25, 0.3) is 0 Å². The Labute approximate surface area is 68.3 Å². The van der Waals surface area contributed by atoms with Crippen LogP contribution in [0.3, 0.4) is 0 Å². The van der Waals surface area contributed by atoms with Crippen molar-refractivity contribution in [3.05, 3.63) is 41.2 Å². The Bertz CT molecular complexity index is 316. The molecule has 0 aliphatic heterocycles. The molecule has 0 heterocycles. The van der Waals surface area contributed by atoms with Crippen molar-refractivity contribution in [2.45, 2.75) is 6.92 Å². The first kappa shape index (κ1) is 8.84. The van der Waals surface area contributed by atoms with Crippen molar-refractivity contribution in [2.75, 3.05) is 0 Å². The number of benzene rings is 1. The molecule has 12 heavy (non-hydrogen) atoms. The van der Waals surface area contributed by atoms with Crippen molar-refractivity contribution in [2.24, 2.45) is 0 Å². The maximum absolute atomic E-state index is 12.8. The van der Waals surface area contributed by atoms with Gasteiger partial charge in [0.05, 0.1) is 0 Å². The molecule has 0 amide bonds. The Hall–Kier alpha value is -1.25. The van der Waals surface area contributed by atoms with E-state index in [4.69, 9.17) is 0 Å². The topological polar surface area (TPSA) is 0 Å². The predicted octanol–water partition coefficient (Wildman–Crippen LogP) is 3.14. The molecule has 0 unspecified atom stereocenters. The number of halogens is 3. The number of hydrogen-bond acceptors (Lipinski definition) is 0. The van der Waals surface area contributed by atoms with Gasteiger partial charge >= 0.3 is 0 Å². The molecule has 0 atom stereocenters. The highest BCUT2D eigenvalue weighted by atomic mass is 19.2. The van der Waals surface area contributed by atoms with E-state index < -0.39 is 17.5 Å². The van der Waals surface area contributed by atoms with Crippen LogP contribution < -0.4 is 0 Å². The quantitative estimate of drug-likeness (QED) is 0.571. The van der Waals surface area contributed by atoms with Gasteiger partial charge in [0.1, 0.15) is 0 Å². The highest BCUT2D eigenvalue weighted by molar-refractivity contribution is 5.49. The first-order valence-electron chi connectivity index (χ1n) is 3.43. The van der Waals surface area contributed by atoms with Crippen LogP contribution in [0, 0.1) is 17.5 Å². The van der Waals surface area contributed by atoms with E-state index in [2.05, 4.69) is 0 Å². The molecule has 0 fully saturated rings. The van der Waals surface area contributed by atoms with Gasteiger partial charge < -0.3 is 0 Å². The van der Waals surface area contributed by atoms with Crippen LogP contribution in [0.2, 0.25) is 0 Å². The molecule has 0 aromatic heterocycles. The summed E-state index contributed by atoms with van der Waals surface area (Å²) in [5.41, 5.74) is 0.0522. The van der Waals surface area contributed by atoms with Gasteiger partial charge in [0.15, 0.2) is 17.5 Å². The summed E-state index contributed by atoms with van der Waals surface area (Å²) in [4.78, 5) is 0. The lowest BCUT2D eigenvalue weighted by atomic mass is 10.2. The summed E-state index contributed by atoms with van der Waals surface area (Å²) in [6.45, 7) is 1.67. The fraction of sp³-hybridized carbons (Fsp3) is 0.111. The smallest absolute Gasteiger partial charge is 0.195 e. The van der Waals surface area contributed by atoms with Crippen LogP contribution in [0.5, 0.6) is 0 Å². The van der Waals surface area contributed by atoms with Gasteiger partial charge in [-0.05, 0) is 19.1 Å². The van der Waals surface area contributed by atoms with Gasteiger partial charge in [0.2, 0.25) is 0 Å². The Balaban J connectivity index is 3.26. The Kier molecular flexibility index (Phi) is 2.53. The number of allylic oxidation sites excluding steroid dienone is 1. The van der Waals surface area contributed by atoms with E-state index in [-0.39, 0.29) is 5.56 Å². The summed E-state index contributed by atoms with van der Waals surface area (Å²) < 4.78 is 37.7. The minimum atomic E-state index is -1.43. The van der Waals surface area contributed by atoms with Crippen LogP contribution in [-0.4, -0.2) is 0 Å². The second kappa shape index (κ2) is 3.43. The lowest BCUT2D eigenvalue weighted by Crippen LogP contribution is -1.92. The minimum Gasteiger partial charge on any atom is -0.204 e. The van der Waals surface area contributed by atoms with Crippen LogP contribution >= 0.6 is 0 Å². The lowest BCUT2D eigenvalue weighted by Gasteiger charge is -1.98. The third-order valence-corrected chi connectivity index (χ3v) is 1.41. The van der Waals surface area contributed by atoms with Crippen LogP contribution in [0.1, 0.15) is 12.5 Å². The van der Waals surface area contributed by atoms with Gasteiger partial charge in [-0.25, -0.2) is 13.2 Å². The molecule has 0 saturated heterocycles. The zero-order valence-electron chi connectivity index (χ0n) is 6.44. The molecule has 0 aliphatic rings. The molecule has 64 valence electrons. The zero-order chi connectivity index (χ0) is 9.14. The van der Waals surface area contributed by atoms with E-state index in [1.54, 1.807) is 13.0 Å². The van der Waals surface area contributed by atoms with Crippen molar-refractivity contribution in [1.82, 2.24) is 0 Å². The SMILES string of the molecule is C/C=C/c1ccc(F)c(F)c1F. The molecule has 0 nitrogen and oxygen atoms in total. The van der Waals surface area contributed by atoms with Crippen molar-refractivity contribution >= 4 is 6.08 Å². The van der Waals surface area contributed by atoms with Crippen molar-refractivity contribution in [3.63, 3.8) is 0 Å². The fourth-order valence-electron chi connectivity index (χ4n) is 0.849. The van der Waals surface area contributed by atoms with Gasteiger partial charge in [-0.3, -0.25) is 0 Å². The van der Waals surface area contributed by atoms with E-state index in [1.165, 1.54) is 12.1 Å². The summed E-state index contributed by atoms with van der Waals surface area (Å²) in [5.74, 6) is -3.74. The fourth-order valence-corrected chi connectivity index (χ4v) is 0.849. The van der Waals surface area contributed by atoms with Gasteiger partial charge in [-0.1, -0.05) is 12.2 Å². The van der Waals surface area contributed by atoms with Crippen molar-refractivity contribution in [3.8, 4) is 0 Å². The third kappa shape index (κ3) is 1.49. The molecule has 1 aromatic rings. The minimum absolute atomic E-state index is 0.0522. The van der Waals surface area contributed by atoms with E-state index in [0.29, 0.717) is 0 Å². The highest BCUT2D eigenvalue weighted by Crippen LogP contribution is 2.15. The normalized spacial score (nSPS) is 11.0. The second-order valence-corrected chi connectivity index (χ2v) is 2.26. The average Bonchev–Trinajstić information content (AvgIpc) is 2.07. The summed E-state index contributed by atoms with van der Waals surface area (Å²) in [5, 5.41) is 0. The van der Waals surface area contributed by atoms with E-state index in [9.17, 15) is 13.2 Å². The molecule has 0 radical (unpaired) electrons. The molecular formula is C9H7F3. The monoisotopic (exact) mass is 172 g/mol. The standard InChI is InChI=1S/C9H7F3/c1-2-3-6-4-5-7(10)9(12)8(6)11/h2-5H,1H3/b3-2+. The molecule has 1 rings (SSSR count). The molecule has 0 saturated carbocycles. The van der Waals surface area contributed by atoms with Gasteiger partial charge in [-0.15, -0.1) is 0 Å². The third-order valence-electron chi connectivity index (χ3n) is 1.41. The number of rotatable bonds is 1. The predicted molar refractivity (Wildman–Crippen MR) is 41.0 cm³/mol. The van der Waals surface area contributed by atoms with Crippen LogP contribution in [0.15, 0.2) is 18.2 Å². The van der Waals surface area contributed by atoms with Crippen LogP contribution in [0.25, 0.3) is 6.08 Å². The van der Waals surface area contributed by atoms with Crippen molar-refractivity contribution < 1.29 is 13.2 Å². The summed E-state index contributed by atoms with van der Waals surface area (Å²) >= 11 is 0. The van der Waals surface area contributed by atoms with Crippen molar-refractivity contribution in [1.29, 1.82) is 0 Å².